The molecule has 3 N–H and O–H groups in total. The van der Waals surface area contributed by atoms with Crippen molar-refractivity contribution < 1.29 is 9.90 Å². The molecule has 0 radical (unpaired) electrons. The Bertz CT molecular complexity index is 439. The molecule has 7 heteroatoms. The number of nitrogens with one attached hydrogen (secondary N) is 2. The quantitative estimate of drug-likeness (QED) is 0.757. The van der Waals surface area contributed by atoms with Crippen molar-refractivity contribution in [2.75, 3.05) is 19.6 Å². The fraction of sp³-hybridized carbons (Fsp3) is 0.583. The minimum absolute atomic E-state index is 0. The standard InChI is InChI=1S/C12H18BrN3O2.ClH/c1-2-16-7-9(13)3-10(16)12(18)15-5-8-4-14-6-11(8)17;/h3,7-8,11,14,17H,2,4-6H2,1H3,(H,15,18);1H. The van der Waals surface area contributed by atoms with Crippen LogP contribution in [-0.4, -0.2) is 41.3 Å². The van der Waals surface area contributed by atoms with Gasteiger partial charge in [0.05, 0.1) is 6.10 Å². The molecule has 0 bridgehead atoms. The molecule has 2 unspecified atom stereocenters. The molecule has 5 nitrogen and oxygen atoms in total. The predicted molar refractivity (Wildman–Crippen MR) is 79.8 cm³/mol. The molecular weight excluding hydrogens is 334 g/mol. The number of aromatic nitrogens is 1. The monoisotopic (exact) mass is 351 g/mol. The highest BCUT2D eigenvalue weighted by atomic mass is 79.9. The van der Waals surface area contributed by atoms with Crippen LogP contribution in [0.5, 0.6) is 0 Å². The number of rotatable bonds is 4. The third kappa shape index (κ3) is 3.95. The van der Waals surface area contributed by atoms with E-state index >= 15 is 0 Å². The Morgan fingerprint density at radius 1 is 1.63 bits per heavy atom. The SMILES string of the molecule is CCn1cc(Br)cc1C(=O)NCC1CNCC1O.Cl. The van der Waals surface area contributed by atoms with Crippen LogP contribution in [0.2, 0.25) is 0 Å². The van der Waals surface area contributed by atoms with Crippen molar-refractivity contribution >= 4 is 34.2 Å². The molecule has 108 valence electrons. The van der Waals surface area contributed by atoms with E-state index < -0.39 is 0 Å². The third-order valence-electron chi connectivity index (χ3n) is 3.27. The highest BCUT2D eigenvalue weighted by Gasteiger charge is 2.25. The lowest BCUT2D eigenvalue weighted by Crippen LogP contribution is -2.35. The zero-order chi connectivity index (χ0) is 13.1. The van der Waals surface area contributed by atoms with Crippen molar-refractivity contribution in [1.29, 1.82) is 0 Å². The van der Waals surface area contributed by atoms with E-state index in [0.717, 1.165) is 17.6 Å². The number of amides is 1. The van der Waals surface area contributed by atoms with Gasteiger partial charge < -0.3 is 20.3 Å². The molecule has 1 fully saturated rings. The average Bonchev–Trinajstić information content (AvgIpc) is 2.92. The summed E-state index contributed by atoms with van der Waals surface area (Å²) in [5, 5.41) is 15.6. The first kappa shape index (κ1) is 16.5. The predicted octanol–water partition coefficient (Wildman–Crippen LogP) is 1.00. The normalized spacial score (nSPS) is 22.1. The maximum Gasteiger partial charge on any atom is 0.267 e. The highest BCUT2D eigenvalue weighted by molar-refractivity contribution is 9.10. The van der Waals surface area contributed by atoms with Gasteiger partial charge in [-0.3, -0.25) is 4.79 Å². The lowest BCUT2D eigenvalue weighted by molar-refractivity contribution is 0.0918. The summed E-state index contributed by atoms with van der Waals surface area (Å²) in [5.41, 5.74) is 0.643. The maximum atomic E-state index is 12.0. The fourth-order valence-electron chi connectivity index (χ4n) is 2.17. The molecule has 1 saturated heterocycles. The smallest absolute Gasteiger partial charge is 0.267 e. The summed E-state index contributed by atoms with van der Waals surface area (Å²) in [5.74, 6) is 0.00378. The number of aryl methyl sites for hydroxylation is 1. The zero-order valence-electron chi connectivity index (χ0n) is 10.7. The molecule has 1 aromatic rings. The second-order valence-corrected chi connectivity index (χ2v) is 5.44. The number of hydrogen-bond acceptors (Lipinski definition) is 3. The molecule has 2 heterocycles. The molecule has 19 heavy (non-hydrogen) atoms. The van der Waals surface area contributed by atoms with Crippen LogP contribution in [0.15, 0.2) is 16.7 Å². The van der Waals surface area contributed by atoms with E-state index in [1.807, 2.05) is 23.8 Å². The van der Waals surface area contributed by atoms with Gasteiger partial charge in [-0.1, -0.05) is 0 Å². The van der Waals surface area contributed by atoms with Crippen LogP contribution in [0, 0.1) is 5.92 Å². The number of carbonyl (C=O) groups excluding carboxylic acids is 1. The average molecular weight is 353 g/mol. The molecule has 2 rings (SSSR count). The maximum absolute atomic E-state index is 12.0. The van der Waals surface area contributed by atoms with Gasteiger partial charge in [0.1, 0.15) is 5.69 Å². The molecule has 0 aromatic carbocycles. The van der Waals surface area contributed by atoms with Crippen molar-refractivity contribution in [3.8, 4) is 0 Å². The first-order chi connectivity index (χ1) is 8.61. The Labute approximate surface area is 127 Å². The van der Waals surface area contributed by atoms with Gasteiger partial charge in [0.15, 0.2) is 0 Å². The Kier molecular flexibility index (Phi) is 6.32. The molecule has 0 saturated carbocycles. The Balaban J connectivity index is 0.00000180. The molecule has 1 aliphatic heterocycles. The van der Waals surface area contributed by atoms with Gasteiger partial charge in [0.25, 0.3) is 5.91 Å². The molecular formula is C12H19BrClN3O2. The molecule has 0 spiro atoms. The number of nitrogens with zero attached hydrogens (tertiary/aromatic N) is 1. The highest BCUT2D eigenvalue weighted by Crippen LogP contribution is 2.15. The summed E-state index contributed by atoms with van der Waals surface area (Å²) in [4.78, 5) is 12.0. The van der Waals surface area contributed by atoms with Gasteiger partial charge in [-0.05, 0) is 28.9 Å². The van der Waals surface area contributed by atoms with Gasteiger partial charge in [-0.2, -0.15) is 0 Å². The van der Waals surface area contributed by atoms with Gasteiger partial charge in [0.2, 0.25) is 0 Å². The number of halogens is 2. The van der Waals surface area contributed by atoms with E-state index in [9.17, 15) is 9.90 Å². The second-order valence-electron chi connectivity index (χ2n) is 4.53. The first-order valence-corrected chi connectivity index (χ1v) is 6.93. The van der Waals surface area contributed by atoms with E-state index in [0.29, 0.717) is 18.8 Å². The molecule has 1 amide bonds. The van der Waals surface area contributed by atoms with Crippen molar-refractivity contribution in [2.24, 2.45) is 5.92 Å². The zero-order valence-corrected chi connectivity index (χ0v) is 13.1. The van der Waals surface area contributed by atoms with Crippen LogP contribution < -0.4 is 10.6 Å². The Hall–Kier alpha value is -0.560. The minimum Gasteiger partial charge on any atom is -0.391 e. The molecule has 1 aromatic heterocycles. The van der Waals surface area contributed by atoms with E-state index in [2.05, 4.69) is 26.6 Å². The van der Waals surface area contributed by atoms with Crippen LogP contribution in [0.1, 0.15) is 17.4 Å². The Morgan fingerprint density at radius 2 is 2.37 bits per heavy atom. The van der Waals surface area contributed by atoms with Crippen LogP contribution in [0.25, 0.3) is 0 Å². The number of β-amino-alcohol motifs (C(OH)–C–C–N with tert-alkyl or cyclic N) is 1. The van der Waals surface area contributed by atoms with E-state index in [1.54, 1.807) is 0 Å². The first-order valence-electron chi connectivity index (χ1n) is 6.14. The molecule has 0 aliphatic carbocycles. The molecule has 1 aliphatic rings. The Morgan fingerprint density at radius 3 is 2.95 bits per heavy atom. The van der Waals surface area contributed by atoms with E-state index in [-0.39, 0.29) is 30.3 Å². The number of carbonyl (C=O) groups is 1. The van der Waals surface area contributed by atoms with Gasteiger partial charge in [-0.25, -0.2) is 0 Å². The van der Waals surface area contributed by atoms with E-state index in [1.165, 1.54) is 0 Å². The fourth-order valence-corrected chi connectivity index (χ4v) is 2.63. The number of aliphatic hydroxyl groups excluding tert-OH is 1. The van der Waals surface area contributed by atoms with Crippen LogP contribution in [0.4, 0.5) is 0 Å². The van der Waals surface area contributed by atoms with E-state index in [4.69, 9.17) is 0 Å². The topological polar surface area (TPSA) is 66.3 Å². The minimum atomic E-state index is -0.366. The summed E-state index contributed by atoms with van der Waals surface area (Å²) < 4.78 is 2.79. The van der Waals surface area contributed by atoms with Gasteiger partial charge in [0, 0.05) is 42.8 Å². The largest absolute Gasteiger partial charge is 0.391 e. The van der Waals surface area contributed by atoms with Crippen LogP contribution in [-0.2, 0) is 6.54 Å². The number of aliphatic hydroxyl groups is 1. The summed E-state index contributed by atoms with van der Waals surface area (Å²) >= 11 is 3.37. The van der Waals surface area contributed by atoms with Crippen molar-refractivity contribution in [3.63, 3.8) is 0 Å². The van der Waals surface area contributed by atoms with Gasteiger partial charge in [-0.15, -0.1) is 12.4 Å². The van der Waals surface area contributed by atoms with Crippen molar-refractivity contribution in [1.82, 2.24) is 15.2 Å². The third-order valence-corrected chi connectivity index (χ3v) is 3.70. The van der Waals surface area contributed by atoms with Crippen molar-refractivity contribution in [2.45, 2.75) is 19.6 Å². The van der Waals surface area contributed by atoms with Crippen LogP contribution in [0.3, 0.4) is 0 Å². The van der Waals surface area contributed by atoms with Crippen molar-refractivity contribution in [3.05, 3.63) is 22.4 Å². The second kappa shape index (κ2) is 7.28. The number of hydrogen-bond donors (Lipinski definition) is 3. The molecule has 2 atom stereocenters. The summed E-state index contributed by atoms with van der Waals surface area (Å²) in [7, 11) is 0. The lowest BCUT2D eigenvalue weighted by atomic mass is 10.1. The lowest BCUT2D eigenvalue weighted by Gasteiger charge is -2.14. The summed E-state index contributed by atoms with van der Waals surface area (Å²) in [6, 6.07) is 1.81. The van der Waals surface area contributed by atoms with Crippen LogP contribution >= 0.6 is 28.3 Å². The summed E-state index contributed by atoms with van der Waals surface area (Å²) in [6.07, 6.45) is 1.52. The summed E-state index contributed by atoms with van der Waals surface area (Å²) in [6.45, 7) is 4.60. The van der Waals surface area contributed by atoms with Gasteiger partial charge >= 0.3 is 0 Å².